The van der Waals surface area contributed by atoms with Crippen LogP contribution >= 0.6 is 0 Å². The molecule has 132 valence electrons. The molecule has 0 aliphatic carbocycles. The monoisotopic (exact) mass is 348 g/mol. The normalized spacial score (nSPS) is 22.5. The molecule has 0 saturated carbocycles. The smallest absolute Gasteiger partial charge is 0.123 e. The van der Waals surface area contributed by atoms with Gasteiger partial charge in [0.25, 0.3) is 0 Å². The molecule has 0 N–H and O–H groups in total. The second-order valence-corrected chi connectivity index (χ2v) is 6.95. The van der Waals surface area contributed by atoms with E-state index in [-0.39, 0.29) is 17.9 Å². The number of halogens is 1. The van der Waals surface area contributed by atoms with Gasteiger partial charge in [-0.1, -0.05) is 42.5 Å². The summed E-state index contributed by atoms with van der Waals surface area (Å²) >= 11 is 0. The molecule has 2 aliphatic heterocycles. The second-order valence-electron chi connectivity index (χ2n) is 6.95. The van der Waals surface area contributed by atoms with Crippen molar-refractivity contribution in [3.8, 4) is 6.07 Å². The molecule has 2 atom stereocenters. The van der Waals surface area contributed by atoms with Crippen LogP contribution in [-0.2, 0) is 17.7 Å². The van der Waals surface area contributed by atoms with Crippen molar-refractivity contribution in [2.24, 2.45) is 0 Å². The summed E-state index contributed by atoms with van der Waals surface area (Å²) in [5.74, 6) is -0.254. The minimum Gasteiger partial charge on any atom is -0.378 e. The van der Waals surface area contributed by atoms with Crippen molar-refractivity contribution >= 4 is 5.57 Å². The van der Waals surface area contributed by atoms with Gasteiger partial charge >= 0.3 is 0 Å². The number of morpholine rings is 1. The quantitative estimate of drug-likeness (QED) is 0.839. The zero-order valence-corrected chi connectivity index (χ0v) is 14.6. The maximum atomic E-state index is 13.9. The van der Waals surface area contributed by atoms with Gasteiger partial charge in [-0.3, -0.25) is 4.90 Å². The third-order valence-electron chi connectivity index (χ3n) is 5.24. The van der Waals surface area contributed by atoms with E-state index in [0.717, 1.165) is 29.7 Å². The predicted octanol–water partition coefficient (Wildman–Crippen LogP) is 3.95. The first-order chi connectivity index (χ1) is 12.7. The number of fused-ring (bicyclic) bond motifs is 2. The summed E-state index contributed by atoms with van der Waals surface area (Å²) in [6.45, 7) is 2.22. The average Bonchev–Trinajstić information content (AvgIpc) is 2.64. The first kappa shape index (κ1) is 17.0. The van der Waals surface area contributed by atoms with Crippen molar-refractivity contribution in [3.05, 3.63) is 77.1 Å². The highest BCUT2D eigenvalue weighted by molar-refractivity contribution is 5.70. The number of hydrogen-bond acceptors (Lipinski definition) is 3. The second kappa shape index (κ2) is 7.41. The first-order valence-electron chi connectivity index (χ1n) is 8.98. The van der Waals surface area contributed by atoms with Crippen molar-refractivity contribution in [1.29, 1.82) is 5.26 Å². The number of nitriles is 1. The first-order valence-corrected chi connectivity index (χ1v) is 8.98. The van der Waals surface area contributed by atoms with E-state index < -0.39 is 0 Å². The van der Waals surface area contributed by atoms with Gasteiger partial charge in [-0.05, 0) is 40.8 Å². The molecule has 2 aromatic rings. The Morgan fingerprint density at radius 2 is 2.00 bits per heavy atom. The molecule has 0 spiro atoms. The minimum atomic E-state index is -0.254. The van der Waals surface area contributed by atoms with Crippen molar-refractivity contribution in [1.82, 2.24) is 4.90 Å². The molecule has 2 unspecified atom stereocenters. The Morgan fingerprint density at radius 1 is 1.15 bits per heavy atom. The molecule has 1 saturated heterocycles. The van der Waals surface area contributed by atoms with E-state index in [1.807, 2.05) is 6.07 Å². The summed E-state index contributed by atoms with van der Waals surface area (Å²) < 4.78 is 19.6. The molecule has 3 nitrogen and oxygen atoms in total. The summed E-state index contributed by atoms with van der Waals surface area (Å²) in [7, 11) is 0. The van der Waals surface area contributed by atoms with E-state index in [4.69, 9.17) is 10.00 Å². The standard InChI is InChI=1S/C22H21FN2O/c23-19-7-6-17(8-9-24)22(12-19)18-10-20-14-26-15-21(11-18)25(20)13-16-4-2-1-3-5-16/h1-7,10,12,20-21H,8,11,13-15H2. The Hall–Kier alpha value is -2.48. The minimum absolute atomic E-state index is 0.177. The summed E-state index contributed by atoms with van der Waals surface area (Å²) in [5.41, 5.74) is 4.20. The lowest BCUT2D eigenvalue weighted by atomic mass is 9.86. The van der Waals surface area contributed by atoms with Crippen LogP contribution in [0.2, 0.25) is 0 Å². The van der Waals surface area contributed by atoms with E-state index in [1.54, 1.807) is 12.1 Å². The van der Waals surface area contributed by atoms with E-state index in [0.29, 0.717) is 19.6 Å². The largest absolute Gasteiger partial charge is 0.378 e. The average molecular weight is 348 g/mol. The van der Waals surface area contributed by atoms with Gasteiger partial charge in [-0.25, -0.2) is 4.39 Å². The Labute approximate surface area is 153 Å². The lowest BCUT2D eigenvalue weighted by Gasteiger charge is -2.45. The molecule has 2 heterocycles. The van der Waals surface area contributed by atoms with Crippen LogP contribution in [-0.4, -0.2) is 30.2 Å². The topological polar surface area (TPSA) is 36.3 Å². The number of benzene rings is 2. The van der Waals surface area contributed by atoms with Crippen LogP contribution in [0.5, 0.6) is 0 Å². The van der Waals surface area contributed by atoms with Gasteiger partial charge in [0.2, 0.25) is 0 Å². The predicted molar refractivity (Wildman–Crippen MR) is 98.7 cm³/mol. The molecule has 0 radical (unpaired) electrons. The number of rotatable bonds is 4. The van der Waals surface area contributed by atoms with Gasteiger partial charge in [0.15, 0.2) is 0 Å². The maximum absolute atomic E-state index is 13.9. The van der Waals surface area contributed by atoms with E-state index in [2.05, 4.69) is 41.3 Å². The molecule has 0 aromatic heterocycles. The molecule has 2 aliphatic rings. The van der Waals surface area contributed by atoms with Gasteiger partial charge in [0.1, 0.15) is 5.82 Å². The van der Waals surface area contributed by atoms with Crippen molar-refractivity contribution < 1.29 is 9.13 Å². The number of ether oxygens (including phenoxy) is 1. The van der Waals surface area contributed by atoms with E-state index in [9.17, 15) is 4.39 Å². The van der Waals surface area contributed by atoms with Gasteiger partial charge in [-0.2, -0.15) is 5.26 Å². The van der Waals surface area contributed by atoms with Gasteiger partial charge in [-0.15, -0.1) is 0 Å². The van der Waals surface area contributed by atoms with Crippen LogP contribution in [0.1, 0.15) is 23.1 Å². The third-order valence-corrected chi connectivity index (χ3v) is 5.24. The number of hydrogen-bond donors (Lipinski definition) is 0. The van der Waals surface area contributed by atoms with Gasteiger partial charge < -0.3 is 4.74 Å². The van der Waals surface area contributed by atoms with Gasteiger partial charge in [0.05, 0.1) is 31.7 Å². The zero-order chi connectivity index (χ0) is 17.9. The van der Waals surface area contributed by atoms with Crippen molar-refractivity contribution in [2.45, 2.75) is 31.5 Å². The Kier molecular flexibility index (Phi) is 4.83. The molecule has 2 aromatic carbocycles. The molecule has 4 heteroatoms. The molecule has 26 heavy (non-hydrogen) atoms. The Bertz CT molecular complexity index is 856. The maximum Gasteiger partial charge on any atom is 0.123 e. The summed E-state index contributed by atoms with van der Waals surface area (Å²) in [6.07, 6.45) is 3.31. The Morgan fingerprint density at radius 3 is 2.77 bits per heavy atom. The van der Waals surface area contributed by atoms with E-state index >= 15 is 0 Å². The lowest BCUT2D eigenvalue weighted by Crippen LogP contribution is -2.53. The van der Waals surface area contributed by atoms with Crippen LogP contribution in [0.15, 0.2) is 54.6 Å². The highest BCUT2D eigenvalue weighted by Gasteiger charge is 2.35. The van der Waals surface area contributed by atoms with Crippen molar-refractivity contribution in [2.75, 3.05) is 13.2 Å². The molecular formula is C22H21FN2O. The summed E-state index contributed by atoms with van der Waals surface area (Å²) in [4.78, 5) is 2.48. The summed E-state index contributed by atoms with van der Waals surface area (Å²) in [6, 6.07) is 17.8. The molecule has 4 rings (SSSR count). The highest BCUT2D eigenvalue weighted by Crippen LogP contribution is 2.35. The number of nitrogens with zero attached hydrogens (tertiary/aromatic N) is 2. The molecular weight excluding hydrogens is 327 g/mol. The summed E-state index contributed by atoms with van der Waals surface area (Å²) in [5, 5.41) is 9.09. The SMILES string of the molecule is N#CCc1ccc(F)cc1C1=CC2COCC(C1)N2Cc1ccccc1. The van der Waals surface area contributed by atoms with Gasteiger partial charge in [0, 0.05) is 12.6 Å². The fraction of sp³-hybridized carbons (Fsp3) is 0.318. The molecule has 1 fully saturated rings. The van der Waals surface area contributed by atoms with Crippen molar-refractivity contribution in [3.63, 3.8) is 0 Å². The van der Waals surface area contributed by atoms with Crippen LogP contribution in [0.25, 0.3) is 5.57 Å². The fourth-order valence-corrected chi connectivity index (χ4v) is 3.99. The lowest BCUT2D eigenvalue weighted by molar-refractivity contribution is -0.0402. The highest BCUT2D eigenvalue weighted by atomic mass is 19.1. The zero-order valence-electron chi connectivity index (χ0n) is 14.6. The van der Waals surface area contributed by atoms with Crippen LogP contribution in [0.4, 0.5) is 4.39 Å². The van der Waals surface area contributed by atoms with Crippen LogP contribution < -0.4 is 0 Å². The van der Waals surface area contributed by atoms with Crippen LogP contribution in [0.3, 0.4) is 0 Å². The fourth-order valence-electron chi connectivity index (χ4n) is 3.99. The third kappa shape index (κ3) is 3.41. The molecule has 2 bridgehead atoms. The van der Waals surface area contributed by atoms with Crippen LogP contribution in [0, 0.1) is 17.1 Å². The molecule has 0 amide bonds. The van der Waals surface area contributed by atoms with E-state index in [1.165, 1.54) is 11.6 Å². The Balaban J connectivity index is 1.65.